The zero-order chi connectivity index (χ0) is 4.50. The average molecular weight is 221 g/mol. The van der Waals surface area contributed by atoms with Crippen LogP contribution in [0.5, 0.6) is 0 Å². The van der Waals surface area contributed by atoms with E-state index in [1.165, 1.54) is 0 Å². The molecule has 0 atom stereocenters. The van der Waals surface area contributed by atoms with E-state index in [-0.39, 0.29) is 16.5 Å². The second kappa shape index (κ2) is 2.81. The van der Waals surface area contributed by atoms with Crippen LogP contribution in [0.4, 0.5) is 0 Å². The summed E-state index contributed by atoms with van der Waals surface area (Å²) in [6.07, 6.45) is 0. The Morgan fingerprint density at radius 1 is 1.17 bits per heavy atom. The van der Waals surface area contributed by atoms with E-state index < -0.39 is 16.7 Å². The standard InChI is InChI=1S/Mo.Ni.2H2O.2O/h;;2*1H2;;/q+2;;;;;/p-2. The summed E-state index contributed by atoms with van der Waals surface area (Å²) < 4.78 is 32.0. The Kier molecular flexibility index (Phi) is 4.61. The van der Waals surface area contributed by atoms with Crippen molar-refractivity contribution in [3.63, 3.8) is 0 Å². The molecule has 0 saturated carbocycles. The molecule has 0 fully saturated rings. The molecule has 6 heavy (non-hydrogen) atoms. The quantitative estimate of drug-likeness (QED) is 0.495. The van der Waals surface area contributed by atoms with E-state index in [4.69, 9.17) is 14.3 Å². The molecule has 0 aromatic carbocycles. The number of hydrogen-bond donors (Lipinski definition) is 2. The van der Waals surface area contributed by atoms with Gasteiger partial charge in [0, 0.05) is 16.5 Å². The zero-order valence-corrected chi connectivity index (χ0v) is 5.43. The van der Waals surface area contributed by atoms with Crippen LogP contribution < -0.4 is 0 Å². The topological polar surface area (TPSA) is 74.6 Å². The van der Waals surface area contributed by atoms with Crippen molar-refractivity contribution in [2.24, 2.45) is 0 Å². The van der Waals surface area contributed by atoms with Crippen molar-refractivity contribution < 1.29 is 47.6 Å². The Balaban J connectivity index is 0. The van der Waals surface area contributed by atoms with Gasteiger partial charge in [0.25, 0.3) is 0 Å². The van der Waals surface area contributed by atoms with Gasteiger partial charge in [-0.1, -0.05) is 0 Å². The van der Waals surface area contributed by atoms with Crippen LogP contribution in [-0.4, -0.2) is 7.52 Å². The third kappa shape index (κ3) is 131. The fourth-order valence-corrected chi connectivity index (χ4v) is 0. The zero-order valence-electron chi connectivity index (χ0n) is 2.44. The number of hydrogen-bond acceptors (Lipinski definition) is 2. The summed E-state index contributed by atoms with van der Waals surface area (Å²) in [6, 6.07) is 0. The molecule has 4 nitrogen and oxygen atoms in total. The van der Waals surface area contributed by atoms with Crippen molar-refractivity contribution in [1.29, 1.82) is 0 Å². The van der Waals surface area contributed by atoms with E-state index in [0.29, 0.717) is 0 Å². The van der Waals surface area contributed by atoms with E-state index in [0.717, 1.165) is 0 Å². The van der Waals surface area contributed by atoms with Crippen molar-refractivity contribution in [1.82, 2.24) is 0 Å². The molecular weight excluding hydrogens is 219 g/mol. The van der Waals surface area contributed by atoms with Gasteiger partial charge in [-0.05, 0) is 0 Å². The maximum absolute atomic E-state index is 8.85. The third-order valence-corrected chi connectivity index (χ3v) is 0. The SMILES string of the molecule is [Ni].[O]=[Mo](=[O])([OH])[OH]. The maximum atomic E-state index is 8.85. The molecule has 0 aromatic heterocycles. The van der Waals surface area contributed by atoms with Crippen molar-refractivity contribution in [3.8, 4) is 0 Å². The molecule has 0 unspecified atom stereocenters. The van der Waals surface area contributed by atoms with Crippen LogP contribution in [0.15, 0.2) is 0 Å². The first-order chi connectivity index (χ1) is 2.00. The molecule has 2 N–H and O–H groups in total. The van der Waals surface area contributed by atoms with E-state index in [2.05, 4.69) is 0 Å². The Hall–Kier alpha value is 0.702. The van der Waals surface area contributed by atoms with Crippen molar-refractivity contribution in [2.75, 3.05) is 0 Å². The molecule has 0 heterocycles. The van der Waals surface area contributed by atoms with Gasteiger partial charge in [0.1, 0.15) is 0 Å². The monoisotopic (exact) mass is 222 g/mol. The minimum atomic E-state index is -5.52. The molecule has 0 aliphatic rings. The van der Waals surface area contributed by atoms with Gasteiger partial charge in [-0.25, -0.2) is 0 Å². The van der Waals surface area contributed by atoms with Crippen LogP contribution >= 0.6 is 0 Å². The molecule has 0 aliphatic carbocycles. The first-order valence-electron chi connectivity index (χ1n) is 0.698. The summed E-state index contributed by atoms with van der Waals surface area (Å²) in [5, 5.41) is 0. The second-order valence-corrected chi connectivity index (χ2v) is 2.65. The van der Waals surface area contributed by atoms with Crippen molar-refractivity contribution in [3.05, 3.63) is 0 Å². The van der Waals surface area contributed by atoms with E-state index in [1.807, 2.05) is 0 Å². The fourth-order valence-electron chi connectivity index (χ4n) is 0. The molecular formula is H2MoNiO4. The van der Waals surface area contributed by atoms with Crippen LogP contribution in [0.1, 0.15) is 0 Å². The van der Waals surface area contributed by atoms with Gasteiger partial charge >= 0.3 is 31.1 Å². The minimum absolute atomic E-state index is 0. The molecule has 0 aromatic rings. The summed E-state index contributed by atoms with van der Waals surface area (Å²) in [5.41, 5.74) is 0. The molecule has 6 heteroatoms. The van der Waals surface area contributed by atoms with E-state index in [1.54, 1.807) is 0 Å². The van der Waals surface area contributed by atoms with Gasteiger partial charge in [0.2, 0.25) is 0 Å². The molecule has 0 rings (SSSR count). The van der Waals surface area contributed by atoms with Gasteiger partial charge in [-0.2, -0.15) is 0 Å². The van der Waals surface area contributed by atoms with Crippen LogP contribution in [0, 0.1) is 0 Å². The first kappa shape index (κ1) is 9.86. The molecule has 0 saturated heterocycles. The van der Waals surface area contributed by atoms with E-state index in [9.17, 15) is 0 Å². The van der Waals surface area contributed by atoms with Gasteiger partial charge in [0.15, 0.2) is 0 Å². The van der Waals surface area contributed by atoms with Crippen molar-refractivity contribution in [2.45, 2.75) is 0 Å². The van der Waals surface area contributed by atoms with Crippen LogP contribution in [0.2, 0.25) is 0 Å². The Morgan fingerprint density at radius 3 is 1.17 bits per heavy atom. The normalized spacial score (nSPS) is 9.67. The summed E-state index contributed by atoms with van der Waals surface area (Å²) >= 11 is -5.52. The first-order valence-corrected chi connectivity index (χ1v) is 4.13. The Labute approximate surface area is 47.8 Å². The molecule has 0 aliphatic heterocycles. The molecule has 42 valence electrons. The average Bonchev–Trinajstić information content (AvgIpc) is 0.722. The van der Waals surface area contributed by atoms with Gasteiger partial charge in [-0.3, -0.25) is 0 Å². The third-order valence-electron chi connectivity index (χ3n) is 0. The summed E-state index contributed by atoms with van der Waals surface area (Å²) in [6.45, 7) is 0. The molecule has 0 spiro atoms. The molecule has 0 bridgehead atoms. The van der Waals surface area contributed by atoms with Crippen LogP contribution in [-0.2, 0) is 40.0 Å². The fraction of sp³-hybridized carbons (Fsp3) is 0. The molecule has 0 radical (unpaired) electrons. The summed E-state index contributed by atoms with van der Waals surface area (Å²) in [4.78, 5) is 0. The van der Waals surface area contributed by atoms with Crippen molar-refractivity contribution >= 4 is 0 Å². The second-order valence-electron chi connectivity index (χ2n) is 0.448. The summed E-state index contributed by atoms with van der Waals surface area (Å²) in [7, 11) is 0. The number of rotatable bonds is 0. The predicted molar refractivity (Wildman–Crippen MR) is 5.81 cm³/mol. The van der Waals surface area contributed by atoms with Crippen LogP contribution in [0.3, 0.4) is 0 Å². The Morgan fingerprint density at radius 2 is 1.17 bits per heavy atom. The Bertz CT molecular complexity index is 90.7. The van der Waals surface area contributed by atoms with Gasteiger partial charge in [-0.15, -0.1) is 0 Å². The van der Waals surface area contributed by atoms with Crippen LogP contribution in [0.25, 0.3) is 0 Å². The van der Waals surface area contributed by atoms with Gasteiger partial charge in [0.05, 0.1) is 0 Å². The summed E-state index contributed by atoms with van der Waals surface area (Å²) in [5.74, 6) is 0. The van der Waals surface area contributed by atoms with Gasteiger partial charge < -0.3 is 0 Å². The molecule has 0 amide bonds. The van der Waals surface area contributed by atoms with E-state index >= 15 is 0 Å². The predicted octanol–water partition coefficient (Wildman–Crippen LogP) is -1.36.